The molecule has 0 bridgehead atoms. The van der Waals surface area contributed by atoms with Gasteiger partial charge in [-0.15, -0.1) is 0 Å². The maximum Gasteiger partial charge on any atom is 0.318 e. The average molecular weight is 259 g/mol. The van der Waals surface area contributed by atoms with Crippen LogP contribution in [0.15, 0.2) is 6.07 Å². The molecule has 0 amide bonds. The largest absolute Gasteiger partial charge is 0.502 e. The van der Waals surface area contributed by atoms with Crippen LogP contribution in [0.25, 0.3) is 0 Å². The molecule has 1 aromatic rings. The first-order chi connectivity index (χ1) is 8.40. The minimum Gasteiger partial charge on any atom is -0.502 e. The Kier molecular flexibility index (Phi) is 3.97. The predicted octanol–water partition coefficient (Wildman–Crippen LogP) is 0.823. The molecule has 10 nitrogen and oxygen atoms in total. The van der Waals surface area contributed by atoms with Crippen LogP contribution < -0.4 is 5.73 Å². The highest BCUT2D eigenvalue weighted by Crippen LogP contribution is 2.40. The van der Waals surface area contributed by atoms with Crippen molar-refractivity contribution in [2.45, 2.75) is 6.42 Å². The minimum absolute atomic E-state index is 0.212. The molecule has 4 N–H and O–H groups in total. The third-order valence-corrected chi connectivity index (χ3v) is 2.24. The van der Waals surface area contributed by atoms with E-state index in [2.05, 4.69) is 4.89 Å². The molecule has 0 unspecified atom stereocenters. The second-order valence-electron chi connectivity index (χ2n) is 3.25. The lowest BCUT2D eigenvalue weighted by atomic mass is 10.1. The summed E-state index contributed by atoms with van der Waals surface area (Å²) in [6.07, 6.45) is -0.212. The van der Waals surface area contributed by atoms with Crippen molar-refractivity contribution in [2.24, 2.45) is 0 Å². The number of rotatable bonds is 5. The van der Waals surface area contributed by atoms with E-state index < -0.39 is 32.7 Å². The summed E-state index contributed by atoms with van der Waals surface area (Å²) >= 11 is 0. The number of hydrogen-bond donors (Lipinski definition) is 3. The van der Waals surface area contributed by atoms with Crippen LogP contribution in [-0.4, -0.2) is 26.8 Å². The number of anilines is 1. The van der Waals surface area contributed by atoms with E-state index in [0.29, 0.717) is 6.07 Å². The van der Waals surface area contributed by atoms with Gasteiger partial charge in [0, 0.05) is 12.0 Å². The summed E-state index contributed by atoms with van der Waals surface area (Å²) in [7, 11) is 0. The van der Waals surface area contributed by atoms with Gasteiger partial charge in [0.05, 0.1) is 22.5 Å². The Labute approximate surface area is 99.4 Å². The Bertz CT molecular complexity index is 464. The lowest BCUT2D eigenvalue weighted by molar-refractivity contribution is -0.394. The number of nitro benzene ring substituents is 2. The number of nitrogen functional groups attached to an aromatic ring is 1. The van der Waals surface area contributed by atoms with E-state index in [4.69, 9.17) is 11.0 Å². The van der Waals surface area contributed by atoms with Crippen molar-refractivity contribution in [3.63, 3.8) is 0 Å². The van der Waals surface area contributed by atoms with Crippen LogP contribution in [0.3, 0.4) is 0 Å². The van der Waals surface area contributed by atoms with Gasteiger partial charge in [-0.3, -0.25) is 25.5 Å². The van der Waals surface area contributed by atoms with Crippen LogP contribution >= 0.6 is 0 Å². The average Bonchev–Trinajstić information content (AvgIpc) is 2.28. The molecule has 0 aliphatic carbocycles. The molecule has 1 rings (SSSR count). The van der Waals surface area contributed by atoms with Crippen LogP contribution in [0.5, 0.6) is 5.75 Å². The highest BCUT2D eigenvalue weighted by atomic mass is 17.1. The van der Waals surface area contributed by atoms with Gasteiger partial charge in [0.25, 0.3) is 5.69 Å². The van der Waals surface area contributed by atoms with Gasteiger partial charge in [0.1, 0.15) is 5.69 Å². The fourth-order valence-corrected chi connectivity index (χ4v) is 1.40. The van der Waals surface area contributed by atoms with Crippen LogP contribution in [0.4, 0.5) is 17.1 Å². The topological polar surface area (TPSA) is 162 Å². The Hall–Kier alpha value is -2.46. The summed E-state index contributed by atoms with van der Waals surface area (Å²) in [6, 6.07) is 0.577. The molecule has 0 saturated carbocycles. The van der Waals surface area contributed by atoms with E-state index in [1.54, 1.807) is 0 Å². The quantitative estimate of drug-likeness (QED) is 0.303. The normalized spacial score (nSPS) is 10.3. The van der Waals surface area contributed by atoms with Crippen molar-refractivity contribution in [1.82, 2.24) is 0 Å². The molecule has 98 valence electrons. The smallest absolute Gasteiger partial charge is 0.318 e. The molecule has 0 aromatic heterocycles. The van der Waals surface area contributed by atoms with Crippen LogP contribution in [0.2, 0.25) is 0 Å². The lowest BCUT2D eigenvalue weighted by Crippen LogP contribution is -2.05. The number of hydrogen-bond acceptors (Lipinski definition) is 8. The zero-order chi connectivity index (χ0) is 13.9. The Morgan fingerprint density at radius 2 is 1.83 bits per heavy atom. The monoisotopic (exact) mass is 259 g/mol. The summed E-state index contributed by atoms with van der Waals surface area (Å²) in [5.41, 5.74) is 3.30. The zero-order valence-electron chi connectivity index (χ0n) is 8.90. The van der Waals surface area contributed by atoms with Gasteiger partial charge in [-0.25, -0.2) is 4.89 Å². The van der Waals surface area contributed by atoms with E-state index in [0.717, 1.165) is 0 Å². The molecule has 1 aromatic carbocycles. The fourth-order valence-electron chi connectivity index (χ4n) is 1.40. The molecule has 18 heavy (non-hydrogen) atoms. The minimum atomic E-state index is -0.967. The SMILES string of the molecule is Nc1c([N+](=O)[O-])cc([N+](=O)[O-])c(O)c1CCOO. The van der Waals surface area contributed by atoms with E-state index in [1.165, 1.54) is 0 Å². The van der Waals surface area contributed by atoms with Crippen molar-refractivity contribution in [1.29, 1.82) is 0 Å². The fraction of sp³-hybridized carbons (Fsp3) is 0.250. The molecule has 0 saturated heterocycles. The second kappa shape index (κ2) is 5.25. The lowest BCUT2D eigenvalue weighted by Gasteiger charge is -2.08. The van der Waals surface area contributed by atoms with Crippen molar-refractivity contribution in [3.8, 4) is 5.75 Å². The van der Waals surface area contributed by atoms with Crippen LogP contribution in [0.1, 0.15) is 5.56 Å². The molecule has 0 heterocycles. The summed E-state index contributed by atoms with van der Waals surface area (Å²) in [5, 5.41) is 39.1. The first kappa shape index (κ1) is 13.6. The van der Waals surface area contributed by atoms with Gasteiger partial charge in [-0.05, 0) is 0 Å². The van der Waals surface area contributed by atoms with Crippen molar-refractivity contribution < 1.29 is 25.1 Å². The predicted molar refractivity (Wildman–Crippen MR) is 58.1 cm³/mol. The first-order valence-corrected chi connectivity index (χ1v) is 4.59. The third kappa shape index (κ3) is 2.44. The number of nitrogens with zero attached hydrogens (tertiary/aromatic N) is 2. The van der Waals surface area contributed by atoms with E-state index in [9.17, 15) is 25.3 Å². The molecule has 10 heteroatoms. The maximum atomic E-state index is 10.7. The zero-order valence-corrected chi connectivity index (χ0v) is 8.90. The van der Waals surface area contributed by atoms with Gasteiger partial charge < -0.3 is 10.8 Å². The Balaban J connectivity index is 3.46. The first-order valence-electron chi connectivity index (χ1n) is 4.59. The number of phenols is 1. The van der Waals surface area contributed by atoms with Crippen molar-refractivity contribution in [3.05, 3.63) is 31.9 Å². The number of nitrogens with two attached hydrogens (primary N) is 1. The molecule has 0 spiro atoms. The third-order valence-electron chi connectivity index (χ3n) is 2.24. The molecule has 0 fully saturated rings. The number of benzene rings is 1. The highest BCUT2D eigenvalue weighted by Gasteiger charge is 2.28. The summed E-state index contributed by atoms with van der Waals surface area (Å²) < 4.78 is 0. The molecule has 0 aliphatic rings. The number of nitro groups is 2. The van der Waals surface area contributed by atoms with Gasteiger partial charge >= 0.3 is 5.69 Å². The second-order valence-corrected chi connectivity index (χ2v) is 3.25. The van der Waals surface area contributed by atoms with Gasteiger partial charge in [0.15, 0.2) is 5.75 Å². The molecule has 0 aliphatic heterocycles. The Morgan fingerprint density at radius 3 is 2.28 bits per heavy atom. The van der Waals surface area contributed by atoms with Gasteiger partial charge in [-0.1, -0.05) is 0 Å². The summed E-state index contributed by atoms with van der Waals surface area (Å²) in [4.78, 5) is 23.2. The number of phenolic OH excluding ortho intramolecular Hbond substituents is 1. The molecule has 0 atom stereocenters. The summed E-state index contributed by atoms with van der Waals surface area (Å²) in [6.45, 7) is -0.323. The molecular formula is C8H9N3O7. The Morgan fingerprint density at radius 1 is 1.28 bits per heavy atom. The highest BCUT2D eigenvalue weighted by molar-refractivity contribution is 5.73. The van der Waals surface area contributed by atoms with E-state index >= 15 is 0 Å². The van der Waals surface area contributed by atoms with E-state index in [-0.39, 0.29) is 18.6 Å². The van der Waals surface area contributed by atoms with Crippen LogP contribution in [-0.2, 0) is 11.3 Å². The maximum absolute atomic E-state index is 10.7. The van der Waals surface area contributed by atoms with Crippen LogP contribution in [0, 0.1) is 20.2 Å². The number of aromatic hydroxyl groups is 1. The molecular weight excluding hydrogens is 250 g/mol. The van der Waals surface area contributed by atoms with E-state index in [1.807, 2.05) is 0 Å². The van der Waals surface area contributed by atoms with Gasteiger partial charge in [0.2, 0.25) is 0 Å². The summed E-state index contributed by atoms with van der Waals surface area (Å²) in [5.74, 6) is -0.778. The standard InChI is InChI=1S/C8H9N3O7/c9-7-4(1-2-18-17)8(12)6(11(15)16)3-5(7)10(13)14/h3,12,17H,1-2,9H2. The van der Waals surface area contributed by atoms with Crippen molar-refractivity contribution in [2.75, 3.05) is 12.3 Å². The molecule has 0 radical (unpaired) electrons. The van der Waals surface area contributed by atoms with Gasteiger partial charge in [-0.2, -0.15) is 0 Å². The van der Waals surface area contributed by atoms with Crippen molar-refractivity contribution >= 4 is 17.1 Å².